The molecule has 6 nitrogen and oxygen atoms in total. The van der Waals surface area contributed by atoms with Gasteiger partial charge in [0.2, 0.25) is 0 Å². The molecule has 0 saturated carbocycles. The summed E-state index contributed by atoms with van der Waals surface area (Å²) >= 11 is 0. The van der Waals surface area contributed by atoms with Crippen molar-refractivity contribution in [3.8, 4) is 0 Å². The van der Waals surface area contributed by atoms with Crippen molar-refractivity contribution in [3.63, 3.8) is 0 Å². The number of unbranched alkanes of at least 4 members (excludes halogenated alkanes) is 54. The van der Waals surface area contributed by atoms with Gasteiger partial charge in [-0.3, -0.25) is 14.4 Å². The molecule has 6 heteroatoms. The molecule has 0 aliphatic carbocycles. The maximum absolute atomic E-state index is 12.9. The third kappa shape index (κ3) is 63.1. The van der Waals surface area contributed by atoms with Crippen molar-refractivity contribution in [1.29, 1.82) is 0 Å². The second kappa shape index (κ2) is 64.9. The molecule has 0 aliphatic rings. The van der Waals surface area contributed by atoms with Crippen LogP contribution in [0.4, 0.5) is 0 Å². The summed E-state index contributed by atoms with van der Waals surface area (Å²) in [6.45, 7) is 6.71. The molecule has 0 amide bonds. The van der Waals surface area contributed by atoms with Gasteiger partial charge in [-0.05, 0) is 19.3 Å². The fourth-order valence-corrected chi connectivity index (χ4v) is 10.9. The number of hydrogen-bond donors (Lipinski definition) is 0. The van der Waals surface area contributed by atoms with Crippen LogP contribution in [0.5, 0.6) is 0 Å². The number of ether oxygens (including phenoxy) is 3. The number of carbonyl (C=O) groups is 3. The third-order valence-electron chi connectivity index (χ3n) is 16.1. The number of rotatable bonds is 65. The van der Waals surface area contributed by atoms with E-state index in [-0.39, 0.29) is 31.1 Å². The quantitative estimate of drug-likeness (QED) is 0.0343. The zero-order valence-electron chi connectivity index (χ0n) is 51.4. The normalized spacial score (nSPS) is 11.9. The maximum atomic E-state index is 12.9. The molecule has 0 aromatic carbocycles. The first-order chi connectivity index (χ1) is 37.0. The van der Waals surface area contributed by atoms with Crippen molar-refractivity contribution in [2.45, 2.75) is 412 Å². The summed E-state index contributed by atoms with van der Waals surface area (Å²) in [6.07, 6.45) is 75.9. The molecule has 0 saturated heterocycles. The lowest BCUT2D eigenvalue weighted by atomic mass is 10.0. The van der Waals surface area contributed by atoms with Crippen molar-refractivity contribution in [1.82, 2.24) is 0 Å². The highest BCUT2D eigenvalue weighted by molar-refractivity contribution is 5.71. The van der Waals surface area contributed by atoms with E-state index in [0.29, 0.717) is 19.3 Å². The van der Waals surface area contributed by atoms with Gasteiger partial charge in [0, 0.05) is 19.3 Å². The molecule has 0 bridgehead atoms. The van der Waals surface area contributed by atoms with E-state index in [1.165, 1.54) is 308 Å². The molecule has 1 atom stereocenters. The standard InChI is InChI=1S/C69H134O6/c1-4-7-10-13-16-19-22-24-26-27-28-29-30-31-32-33-34-35-36-37-38-39-40-41-42-43-44-46-47-50-53-56-59-62-68(71)74-65-66(64-73-67(70)61-58-55-52-49-21-18-15-12-9-6-3)75-69(72)63-60-57-54-51-48-45-25-23-20-17-14-11-8-5-2/h66H,4-65H2,1-3H3. The zero-order valence-corrected chi connectivity index (χ0v) is 51.4. The van der Waals surface area contributed by atoms with Crippen LogP contribution in [0.15, 0.2) is 0 Å². The van der Waals surface area contributed by atoms with Gasteiger partial charge in [-0.1, -0.05) is 367 Å². The minimum absolute atomic E-state index is 0.0610. The summed E-state index contributed by atoms with van der Waals surface area (Å²) in [4.78, 5) is 38.2. The number of hydrogen-bond acceptors (Lipinski definition) is 6. The highest BCUT2D eigenvalue weighted by Crippen LogP contribution is 2.19. The Hall–Kier alpha value is -1.59. The molecule has 0 fully saturated rings. The van der Waals surface area contributed by atoms with Gasteiger partial charge < -0.3 is 14.2 Å². The van der Waals surface area contributed by atoms with Gasteiger partial charge in [0.25, 0.3) is 0 Å². The second-order valence-electron chi connectivity index (χ2n) is 23.8. The average molecular weight is 1060 g/mol. The molecule has 0 aromatic rings. The van der Waals surface area contributed by atoms with Crippen LogP contribution in [-0.4, -0.2) is 37.2 Å². The Balaban J connectivity index is 3.96. The maximum Gasteiger partial charge on any atom is 0.306 e. The van der Waals surface area contributed by atoms with E-state index in [4.69, 9.17) is 14.2 Å². The Labute approximate surface area is 469 Å². The largest absolute Gasteiger partial charge is 0.462 e. The SMILES string of the molecule is CCCCCCCCCCCCCCCCCCCCCCCCCCCCCCCCCCCC(=O)OCC(COC(=O)CCCCCCCCCCCC)OC(=O)CCCCCCCCCCCCCCCC. The Morgan fingerprint density at radius 1 is 0.213 bits per heavy atom. The lowest BCUT2D eigenvalue weighted by molar-refractivity contribution is -0.167. The summed E-state index contributed by atoms with van der Waals surface area (Å²) < 4.78 is 16.9. The predicted molar refractivity (Wildman–Crippen MR) is 326 cm³/mol. The Kier molecular flexibility index (Phi) is 63.6. The first-order valence-corrected chi connectivity index (χ1v) is 34.5. The Morgan fingerprint density at radius 2 is 0.360 bits per heavy atom. The van der Waals surface area contributed by atoms with Gasteiger partial charge in [0.1, 0.15) is 13.2 Å². The molecule has 0 heterocycles. The van der Waals surface area contributed by atoms with Crippen LogP contribution in [0.1, 0.15) is 406 Å². The van der Waals surface area contributed by atoms with Gasteiger partial charge in [0.05, 0.1) is 0 Å². The molecular weight excluding hydrogens is 925 g/mol. The minimum Gasteiger partial charge on any atom is -0.462 e. The molecule has 0 radical (unpaired) electrons. The lowest BCUT2D eigenvalue weighted by Gasteiger charge is -2.18. The molecule has 0 aromatic heterocycles. The molecular formula is C69H134O6. The molecule has 1 unspecified atom stereocenters. The first kappa shape index (κ1) is 73.4. The van der Waals surface area contributed by atoms with E-state index in [9.17, 15) is 14.4 Å². The first-order valence-electron chi connectivity index (χ1n) is 34.5. The molecule has 0 rings (SSSR count). The van der Waals surface area contributed by atoms with Crippen LogP contribution in [-0.2, 0) is 28.6 Å². The highest BCUT2D eigenvalue weighted by atomic mass is 16.6. The van der Waals surface area contributed by atoms with E-state index in [1.807, 2.05) is 0 Å². The summed E-state index contributed by atoms with van der Waals surface area (Å²) in [5, 5.41) is 0. The Morgan fingerprint density at radius 3 is 0.533 bits per heavy atom. The van der Waals surface area contributed by atoms with Crippen LogP contribution in [0.3, 0.4) is 0 Å². The zero-order chi connectivity index (χ0) is 54.3. The van der Waals surface area contributed by atoms with E-state index >= 15 is 0 Å². The molecule has 446 valence electrons. The smallest absolute Gasteiger partial charge is 0.306 e. The van der Waals surface area contributed by atoms with E-state index < -0.39 is 6.10 Å². The third-order valence-corrected chi connectivity index (χ3v) is 16.1. The molecule has 0 spiro atoms. The van der Waals surface area contributed by atoms with Crippen LogP contribution in [0.25, 0.3) is 0 Å². The lowest BCUT2D eigenvalue weighted by Crippen LogP contribution is -2.30. The molecule has 75 heavy (non-hydrogen) atoms. The molecule has 0 N–H and O–H groups in total. The Bertz CT molecular complexity index is 1120. The predicted octanol–water partition coefficient (Wildman–Crippen LogP) is 23.5. The van der Waals surface area contributed by atoms with Crippen molar-refractivity contribution in [3.05, 3.63) is 0 Å². The van der Waals surface area contributed by atoms with E-state index in [1.54, 1.807) is 0 Å². The number of carbonyl (C=O) groups excluding carboxylic acids is 3. The van der Waals surface area contributed by atoms with Crippen LogP contribution < -0.4 is 0 Å². The van der Waals surface area contributed by atoms with Crippen LogP contribution >= 0.6 is 0 Å². The summed E-state index contributed by atoms with van der Waals surface area (Å²) in [6, 6.07) is 0. The second-order valence-corrected chi connectivity index (χ2v) is 23.8. The van der Waals surface area contributed by atoms with Crippen LogP contribution in [0.2, 0.25) is 0 Å². The van der Waals surface area contributed by atoms with Crippen LogP contribution in [0, 0.1) is 0 Å². The molecule has 0 aliphatic heterocycles. The summed E-state index contributed by atoms with van der Waals surface area (Å²) in [7, 11) is 0. The average Bonchev–Trinajstić information content (AvgIpc) is 3.41. The van der Waals surface area contributed by atoms with Gasteiger partial charge in [-0.25, -0.2) is 0 Å². The van der Waals surface area contributed by atoms with Gasteiger partial charge in [-0.15, -0.1) is 0 Å². The topological polar surface area (TPSA) is 78.9 Å². The van der Waals surface area contributed by atoms with Crippen molar-refractivity contribution < 1.29 is 28.6 Å². The van der Waals surface area contributed by atoms with Gasteiger partial charge >= 0.3 is 17.9 Å². The summed E-state index contributed by atoms with van der Waals surface area (Å²) in [5.41, 5.74) is 0. The monoisotopic (exact) mass is 1060 g/mol. The van der Waals surface area contributed by atoms with Crippen molar-refractivity contribution in [2.75, 3.05) is 13.2 Å². The van der Waals surface area contributed by atoms with Crippen molar-refractivity contribution >= 4 is 17.9 Å². The fraction of sp³-hybridized carbons (Fsp3) is 0.957. The van der Waals surface area contributed by atoms with Gasteiger partial charge in [-0.2, -0.15) is 0 Å². The minimum atomic E-state index is -0.761. The number of esters is 3. The summed E-state index contributed by atoms with van der Waals surface area (Å²) in [5.74, 6) is -0.830. The van der Waals surface area contributed by atoms with Crippen molar-refractivity contribution in [2.24, 2.45) is 0 Å². The highest BCUT2D eigenvalue weighted by Gasteiger charge is 2.19. The van der Waals surface area contributed by atoms with E-state index in [2.05, 4.69) is 20.8 Å². The fourth-order valence-electron chi connectivity index (χ4n) is 10.9. The van der Waals surface area contributed by atoms with Gasteiger partial charge in [0.15, 0.2) is 6.10 Å². The van der Waals surface area contributed by atoms with E-state index in [0.717, 1.165) is 57.8 Å².